The summed E-state index contributed by atoms with van der Waals surface area (Å²) in [6, 6.07) is 9.64. The molecule has 1 aliphatic heterocycles. The predicted octanol–water partition coefficient (Wildman–Crippen LogP) is 2.92. The molecule has 0 aliphatic carbocycles. The van der Waals surface area contributed by atoms with Gasteiger partial charge < -0.3 is 5.32 Å². The van der Waals surface area contributed by atoms with E-state index >= 15 is 0 Å². The van der Waals surface area contributed by atoms with Gasteiger partial charge in [-0.2, -0.15) is 0 Å². The number of rotatable bonds is 2. The molecule has 1 N–H and O–H groups in total. The van der Waals surface area contributed by atoms with Crippen LogP contribution in [0.15, 0.2) is 24.3 Å². The molecule has 2 atom stereocenters. The SMILES string of the molecule is CCc1ccc(C2CC(C)CN2)cc1. The third-order valence-corrected chi connectivity index (χ3v) is 3.14. The van der Waals surface area contributed by atoms with E-state index in [4.69, 9.17) is 0 Å². The lowest BCUT2D eigenvalue weighted by Gasteiger charge is -2.10. The summed E-state index contributed by atoms with van der Waals surface area (Å²) in [5.41, 5.74) is 2.88. The highest BCUT2D eigenvalue weighted by molar-refractivity contribution is 5.25. The minimum absolute atomic E-state index is 0.593. The zero-order chi connectivity index (χ0) is 9.97. The Balaban J connectivity index is 2.09. The van der Waals surface area contributed by atoms with Crippen molar-refractivity contribution < 1.29 is 0 Å². The van der Waals surface area contributed by atoms with Crippen LogP contribution in [0.25, 0.3) is 0 Å². The van der Waals surface area contributed by atoms with Crippen LogP contribution in [-0.2, 0) is 6.42 Å². The van der Waals surface area contributed by atoms with Crippen LogP contribution in [0.3, 0.4) is 0 Å². The van der Waals surface area contributed by atoms with Gasteiger partial charge in [-0.15, -0.1) is 0 Å². The molecule has 2 rings (SSSR count). The molecule has 2 unspecified atom stereocenters. The molecular formula is C13H19N. The summed E-state index contributed by atoms with van der Waals surface area (Å²) in [5.74, 6) is 0.825. The van der Waals surface area contributed by atoms with Crippen LogP contribution in [0.5, 0.6) is 0 Å². The largest absolute Gasteiger partial charge is 0.310 e. The van der Waals surface area contributed by atoms with E-state index in [-0.39, 0.29) is 0 Å². The summed E-state index contributed by atoms with van der Waals surface area (Å²) in [4.78, 5) is 0. The quantitative estimate of drug-likeness (QED) is 0.754. The van der Waals surface area contributed by atoms with Gasteiger partial charge in [-0.05, 0) is 36.4 Å². The van der Waals surface area contributed by atoms with Crippen molar-refractivity contribution >= 4 is 0 Å². The number of nitrogens with one attached hydrogen (secondary N) is 1. The second kappa shape index (κ2) is 4.14. The molecule has 1 saturated heterocycles. The zero-order valence-corrected chi connectivity index (χ0v) is 9.09. The fraction of sp³-hybridized carbons (Fsp3) is 0.538. The van der Waals surface area contributed by atoms with Gasteiger partial charge >= 0.3 is 0 Å². The maximum atomic E-state index is 3.56. The number of aryl methyl sites for hydroxylation is 1. The van der Waals surface area contributed by atoms with Crippen LogP contribution in [-0.4, -0.2) is 6.54 Å². The van der Waals surface area contributed by atoms with Gasteiger partial charge in [0.25, 0.3) is 0 Å². The minimum atomic E-state index is 0.593. The van der Waals surface area contributed by atoms with Gasteiger partial charge in [0.05, 0.1) is 0 Å². The maximum Gasteiger partial charge on any atom is 0.0323 e. The fourth-order valence-corrected chi connectivity index (χ4v) is 2.15. The molecule has 0 spiro atoms. The Kier molecular flexibility index (Phi) is 2.87. The second-order valence-corrected chi connectivity index (χ2v) is 4.40. The molecule has 1 fully saturated rings. The smallest absolute Gasteiger partial charge is 0.0323 e. The Morgan fingerprint density at radius 3 is 2.50 bits per heavy atom. The Bertz CT molecular complexity index is 289. The molecule has 0 aromatic heterocycles. The first-order chi connectivity index (χ1) is 6.79. The monoisotopic (exact) mass is 189 g/mol. The third kappa shape index (κ3) is 1.98. The van der Waals surface area contributed by atoms with Crippen molar-refractivity contribution in [3.05, 3.63) is 35.4 Å². The highest BCUT2D eigenvalue weighted by Gasteiger charge is 2.21. The predicted molar refractivity (Wildman–Crippen MR) is 60.3 cm³/mol. The van der Waals surface area contributed by atoms with Crippen molar-refractivity contribution in [2.45, 2.75) is 32.7 Å². The van der Waals surface area contributed by atoms with Crippen LogP contribution in [0.4, 0.5) is 0 Å². The Hall–Kier alpha value is -0.820. The minimum Gasteiger partial charge on any atom is -0.310 e. The van der Waals surface area contributed by atoms with Gasteiger partial charge in [0.2, 0.25) is 0 Å². The first-order valence-corrected chi connectivity index (χ1v) is 5.62. The molecule has 76 valence electrons. The first kappa shape index (κ1) is 9.72. The normalized spacial score (nSPS) is 26.7. The van der Waals surface area contributed by atoms with Crippen molar-refractivity contribution in [3.8, 4) is 0 Å². The van der Waals surface area contributed by atoms with E-state index in [1.165, 1.54) is 24.1 Å². The van der Waals surface area contributed by atoms with Crippen LogP contribution < -0.4 is 5.32 Å². The van der Waals surface area contributed by atoms with Crippen molar-refractivity contribution in [1.29, 1.82) is 0 Å². The van der Waals surface area contributed by atoms with Crippen molar-refractivity contribution in [1.82, 2.24) is 5.32 Å². The van der Waals surface area contributed by atoms with Gasteiger partial charge in [0, 0.05) is 6.04 Å². The van der Waals surface area contributed by atoms with Crippen molar-refractivity contribution in [3.63, 3.8) is 0 Å². The summed E-state index contributed by atoms with van der Waals surface area (Å²) < 4.78 is 0. The lowest BCUT2D eigenvalue weighted by molar-refractivity contribution is 0.612. The molecule has 0 radical (unpaired) electrons. The molecule has 1 aromatic rings. The standard InChI is InChI=1S/C13H19N/c1-3-11-4-6-12(7-5-11)13-8-10(2)9-14-13/h4-7,10,13-14H,3,8-9H2,1-2H3. The fourth-order valence-electron chi connectivity index (χ4n) is 2.15. The van der Waals surface area contributed by atoms with Crippen LogP contribution in [0.2, 0.25) is 0 Å². The molecule has 14 heavy (non-hydrogen) atoms. The van der Waals surface area contributed by atoms with E-state index in [0.717, 1.165) is 12.3 Å². The van der Waals surface area contributed by atoms with Crippen LogP contribution in [0, 0.1) is 5.92 Å². The van der Waals surface area contributed by atoms with Gasteiger partial charge in [0.1, 0.15) is 0 Å². The van der Waals surface area contributed by atoms with Crippen molar-refractivity contribution in [2.75, 3.05) is 6.54 Å². The molecule has 0 amide bonds. The van der Waals surface area contributed by atoms with Crippen LogP contribution in [0.1, 0.15) is 37.4 Å². The Labute approximate surface area is 86.5 Å². The van der Waals surface area contributed by atoms with Gasteiger partial charge in [-0.25, -0.2) is 0 Å². The lowest BCUT2D eigenvalue weighted by atomic mass is 10.00. The number of hydrogen-bond acceptors (Lipinski definition) is 1. The zero-order valence-electron chi connectivity index (χ0n) is 9.09. The first-order valence-electron chi connectivity index (χ1n) is 5.62. The van der Waals surface area contributed by atoms with Crippen LogP contribution >= 0.6 is 0 Å². The van der Waals surface area contributed by atoms with E-state index in [0.29, 0.717) is 6.04 Å². The van der Waals surface area contributed by atoms with Gasteiger partial charge in [0.15, 0.2) is 0 Å². The summed E-state index contributed by atoms with van der Waals surface area (Å²) in [6.45, 7) is 5.68. The average molecular weight is 189 g/mol. The van der Waals surface area contributed by atoms with E-state index in [1.54, 1.807) is 0 Å². The molecule has 1 aliphatic rings. The summed E-state index contributed by atoms with van der Waals surface area (Å²) in [6.07, 6.45) is 2.42. The number of benzene rings is 1. The molecular weight excluding hydrogens is 170 g/mol. The maximum absolute atomic E-state index is 3.56. The second-order valence-electron chi connectivity index (χ2n) is 4.40. The topological polar surface area (TPSA) is 12.0 Å². The average Bonchev–Trinajstić information content (AvgIpc) is 2.65. The molecule has 1 heterocycles. The summed E-state index contributed by atoms with van der Waals surface area (Å²) in [5, 5.41) is 3.56. The van der Waals surface area contributed by atoms with Gasteiger partial charge in [-0.3, -0.25) is 0 Å². The van der Waals surface area contributed by atoms with E-state index in [2.05, 4.69) is 43.4 Å². The summed E-state index contributed by atoms with van der Waals surface area (Å²) >= 11 is 0. The third-order valence-electron chi connectivity index (χ3n) is 3.14. The van der Waals surface area contributed by atoms with E-state index in [1.807, 2.05) is 0 Å². The van der Waals surface area contributed by atoms with E-state index in [9.17, 15) is 0 Å². The molecule has 1 heteroatoms. The van der Waals surface area contributed by atoms with Crippen molar-refractivity contribution in [2.24, 2.45) is 5.92 Å². The molecule has 0 saturated carbocycles. The highest BCUT2D eigenvalue weighted by Crippen LogP contribution is 2.26. The molecule has 0 bridgehead atoms. The van der Waals surface area contributed by atoms with E-state index < -0.39 is 0 Å². The summed E-state index contributed by atoms with van der Waals surface area (Å²) in [7, 11) is 0. The molecule has 1 aromatic carbocycles. The Morgan fingerprint density at radius 1 is 1.29 bits per heavy atom. The lowest BCUT2D eigenvalue weighted by Crippen LogP contribution is -2.13. The molecule has 1 nitrogen and oxygen atoms in total. The number of hydrogen-bond donors (Lipinski definition) is 1. The highest BCUT2D eigenvalue weighted by atomic mass is 14.9. The Morgan fingerprint density at radius 2 is 2.00 bits per heavy atom. The van der Waals surface area contributed by atoms with Gasteiger partial charge in [-0.1, -0.05) is 38.1 Å².